The first-order valence-corrected chi connectivity index (χ1v) is 8.65. The summed E-state index contributed by atoms with van der Waals surface area (Å²) in [6.07, 6.45) is 1.55. The van der Waals surface area contributed by atoms with Crippen molar-refractivity contribution in [2.24, 2.45) is 0 Å². The SMILES string of the molecule is COc1ccc(-c2csc(NC(=O)/C(C#N)=C/c3ccccc3)n2)cc1. The van der Waals surface area contributed by atoms with Gasteiger partial charge in [0, 0.05) is 10.9 Å². The third-order valence-electron chi connectivity index (χ3n) is 3.59. The minimum atomic E-state index is -0.480. The zero-order chi connectivity index (χ0) is 18.4. The predicted molar refractivity (Wildman–Crippen MR) is 103 cm³/mol. The van der Waals surface area contributed by atoms with Gasteiger partial charge < -0.3 is 4.74 Å². The molecule has 6 heteroatoms. The zero-order valence-corrected chi connectivity index (χ0v) is 14.8. The van der Waals surface area contributed by atoms with Gasteiger partial charge in [0.05, 0.1) is 12.8 Å². The monoisotopic (exact) mass is 361 g/mol. The summed E-state index contributed by atoms with van der Waals surface area (Å²) in [5.74, 6) is 0.286. The number of carbonyl (C=O) groups excluding carboxylic acids is 1. The Morgan fingerprint density at radius 1 is 1.19 bits per heavy atom. The molecule has 0 atom stereocenters. The fraction of sp³-hybridized carbons (Fsp3) is 0.0500. The topological polar surface area (TPSA) is 75.0 Å². The lowest BCUT2D eigenvalue weighted by molar-refractivity contribution is -0.112. The molecule has 128 valence electrons. The standard InChI is InChI=1S/C20H15N3O2S/c1-25-17-9-7-15(8-10-17)18-13-26-20(22-18)23-19(24)16(12-21)11-14-5-3-2-4-6-14/h2-11,13H,1H3,(H,22,23,24)/b16-11+. The summed E-state index contributed by atoms with van der Waals surface area (Å²) in [7, 11) is 1.61. The summed E-state index contributed by atoms with van der Waals surface area (Å²) in [4.78, 5) is 16.7. The molecule has 0 saturated heterocycles. The second-order valence-electron chi connectivity index (χ2n) is 5.30. The van der Waals surface area contributed by atoms with E-state index in [1.807, 2.05) is 66.0 Å². The minimum absolute atomic E-state index is 0.0254. The third kappa shape index (κ3) is 4.15. The van der Waals surface area contributed by atoms with E-state index in [0.717, 1.165) is 22.6 Å². The third-order valence-corrected chi connectivity index (χ3v) is 4.34. The smallest absolute Gasteiger partial charge is 0.268 e. The van der Waals surface area contributed by atoms with E-state index in [0.29, 0.717) is 5.13 Å². The molecule has 0 saturated carbocycles. The van der Waals surface area contributed by atoms with Crippen molar-refractivity contribution in [1.82, 2.24) is 4.98 Å². The van der Waals surface area contributed by atoms with Crippen molar-refractivity contribution in [2.45, 2.75) is 0 Å². The van der Waals surface area contributed by atoms with Crippen LogP contribution in [0, 0.1) is 11.3 Å². The van der Waals surface area contributed by atoms with Gasteiger partial charge in [0.1, 0.15) is 17.4 Å². The number of rotatable bonds is 5. The molecular weight excluding hydrogens is 346 g/mol. The largest absolute Gasteiger partial charge is 0.497 e. The number of aromatic nitrogens is 1. The molecule has 1 heterocycles. The normalized spacial score (nSPS) is 10.8. The van der Waals surface area contributed by atoms with Crippen molar-refractivity contribution in [3.05, 3.63) is 71.1 Å². The minimum Gasteiger partial charge on any atom is -0.497 e. The summed E-state index contributed by atoms with van der Waals surface area (Å²) < 4.78 is 5.14. The number of benzene rings is 2. The van der Waals surface area contributed by atoms with Crippen molar-refractivity contribution in [1.29, 1.82) is 5.26 Å². The number of ether oxygens (including phenoxy) is 1. The molecule has 0 spiro atoms. The van der Waals surface area contributed by atoms with Gasteiger partial charge >= 0.3 is 0 Å². The number of nitrogens with one attached hydrogen (secondary N) is 1. The molecule has 3 rings (SSSR count). The van der Waals surface area contributed by atoms with E-state index in [-0.39, 0.29) is 5.57 Å². The Morgan fingerprint density at radius 3 is 2.58 bits per heavy atom. The molecule has 1 amide bonds. The first kappa shape index (κ1) is 17.4. The van der Waals surface area contributed by atoms with Crippen LogP contribution in [0.4, 0.5) is 5.13 Å². The van der Waals surface area contributed by atoms with Crippen molar-refractivity contribution in [3.8, 4) is 23.1 Å². The lowest BCUT2D eigenvalue weighted by atomic mass is 10.1. The van der Waals surface area contributed by atoms with Crippen molar-refractivity contribution >= 4 is 28.5 Å². The molecule has 3 aromatic rings. The maximum Gasteiger partial charge on any atom is 0.268 e. The van der Waals surface area contributed by atoms with Gasteiger partial charge in [-0.15, -0.1) is 11.3 Å². The number of amides is 1. The Bertz CT molecular complexity index is 970. The summed E-state index contributed by atoms with van der Waals surface area (Å²) in [6, 6.07) is 18.7. The first-order valence-electron chi connectivity index (χ1n) is 7.78. The van der Waals surface area contributed by atoms with Crippen LogP contribution in [0.5, 0.6) is 5.75 Å². The highest BCUT2D eigenvalue weighted by Gasteiger charge is 2.12. The van der Waals surface area contributed by atoms with Gasteiger partial charge in [-0.1, -0.05) is 30.3 Å². The summed E-state index contributed by atoms with van der Waals surface area (Å²) >= 11 is 1.31. The molecule has 0 radical (unpaired) electrons. The molecule has 0 aliphatic carbocycles. The zero-order valence-electron chi connectivity index (χ0n) is 14.0. The van der Waals surface area contributed by atoms with Crippen LogP contribution in [0.1, 0.15) is 5.56 Å². The van der Waals surface area contributed by atoms with E-state index in [4.69, 9.17) is 4.74 Å². The molecule has 0 fully saturated rings. The summed E-state index contributed by atoms with van der Waals surface area (Å²) in [5.41, 5.74) is 2.48. The Labute approximate surface area is 155 Å². The van der Waals surface area contributed by atoms with Crippen LogP contribution in [0.3, 0.4) is 0 Å². The number of nitriles is 1. The molecule has 0 aliphatic heterocycles. The average Bonchev–Trinajstić information content (AvgIpc) is 3.15. The quantitative estimate of drug-likeness (QED) is 0.541. The molecule has 0 bridgehead atoms. The van der Waals surface area contributed by atoms with Gasteiger partial charge in [-0.3, -0.25) is 10.1 Å². The fourth-order valence-electron chi connectivity index (χ4n) is 2.25. The van der Waals surface area contributed by atoms with Gasteiger partial charge in [0.15, 0.2) is 5.13 Å². The number of anilines is 1. The molecule has 26 heavy (non-hydrogen) atoms. The lowest BCUT2D eigenvalue weighted by Crippen LogP contribution is -2.13. The average molecular weight is 361 g/mol. The van der Waals surface area contributed by atoms with E-state index in [1.54, 1.807) is 13.2 Å². The molecule has 1 N–H and O–H groups in total. The Kier molecular flexibility index (Phi) is 5.42. The number of hydrogen-bond acceptors (Lipinski definition) is 5. The second-order valence-corrected chi connectivity index (χ2v) is 6.16. The Balaban J connectivity index is 1.74. The van der Waals surface area contributed by atoms with Gasteiger partial charge in [-0.05, 0) is 35.9 Å². The molecule has 0 aliphatic rings. The molecule has 1 aromatic heterocycles. The number of nitrogens with zero attached hydrogens (tertiary/aromatic N) is 2. The number of hydrogen-bond donors (Lipinski definition) is 1. The van der Waals surface area contributed by atoms with Crippen molar-refractivity contribution in [2.75, 3.05) is 12.4 Å². The molecule has 0 unspecified atom stereocenters. The highest BCUT2D eigenvalue weighted by molar-refractivity contribution is 7.14. The number of carbonyl (C=O) groups is 1. The van der Waals surface area contributed by atoms with Crippen molar-refractivity contribution < 1.29 is 9.53 Å². The molecule has 5 nitrogen and oxygen atoms in total. The number of methoxy groups -OCH3 is 1. The van der Waals surface area contributed by atoms with Gasteiger partial charge in [-0.25, -0.2) is 4.98 Å². The maximum absolute atomic E-state index is 12.3. The van der Waals surface area contributed by atoms with Crippen LogP contribution < -0.4 is 10.1 Å². The fourth-order valence-corrected chi connectivity index (χ4v) is 2.97. The maximum atomic E-state index is 12.3. The van der Waals surface area contributed by atoms with Crippen LogP contribution in [-0.2, 0) is 4.79 Å². The molecule has 2 aromatic carbocycles. The predicted octanol–water partition coefficient (Wildman–Crippen LogP) is 4.36. The molecular formula is C20H15N3O2S. The van der Waals surface area contributed by atoms with Crippen LogP contribution in [0.2, 0.25) is 0 Å². The highest BCUT2D eigenvalue weighted by Crippen LogP contribution is 2.26. The Morgan fingerprint density at radius 2 is 1.92 bits per heavy atom. The van der Waals surface area contributed by atoms with Gasteiger partial charge in [-0.2, -0.15) is 5.26 Å². The number of thiazole rings is 1. The van der Waals surface area contributed by atoms with E-state index >= 15 is 0 Å². The second kappa shape index (κ2) is 8.10. The van der Waals surface area contributed by atoms with Gasteiger partial charge in [0.25, 0.3) is 5.91 Å². The van der Waals surface area contributed by atoms with Crippen molar-refractivity contribution in [3.63, 3.8) is 0 Å². The Hall–Kier alpha value is -3.43. The van der Waals surface area contributed by atoms with E-state index in [1.165, 1.54) is 11.3 Å². The summed E-state index contributed by atoms with van der Waals surface area (Å²) in [6.45, 7) is 0. The lowest BCUT2D eigenvalue weighted by Gasteiger charge is -2.01. The van der Waals surface area contributed by atoms with E-state index in [2.05, 4.69) is 10.3 Å². The van der Waals surface area contributed by atoms with Crippen LogP contribution >= 0.6 is 11.3 Å². The van der Waals surface area contributed by atoms with E-state index < -0.39 is 5.91 Å². The van der Waals surface area contributed by atoms with E-state index in [9.17, 15) is 10.1 Å². The van der Waals surface area contributed by atoms with Crippen LogP contribution in [0.25, 0.3) is 17.3 Å². The van der Waals surface area contributed by atoms with Crippen LogP contribution in [-0.4, -0.2) is 18.0 Å². The highest BCUT2D eigenvalue weighted by atomic mass is 32.1. The van der Waals surface area contributed by atoms with Gasteiger partial charge in [0.2, 0.25) is 0 Å². The first-order chi connectivity index (χ1) is 12.7. The summed E-state index contributed by atoms with van der Waals surface area (Å²) in [5, 5.41) is 14.2. The van der Waals surface area contributed by atoms with Crippen LogP contribution in [0.15, 0.2) is 65.6 Å².